The molecule has 3 rings (SSSR count). The van der Waals surface area contributed by atoms with E-state index in [9.17, 15) is 8.42 Å². The number of para-hydroxylation sites is 1. The zero-order chi connectivity index (χ0) is 18.0. The van der Waals surface area contributed by atoms with Gasteiger partial charge in [0.25, 0.3) is 0 Å². The van der Waals surface area contributed by atoms with Crippen molar-refractivity contribution in [3.8, 4) is 0 Å². The highest BCUT2D eigenvalue weighted by Crippen LogP contribution is 2.28. The first kappa shape index (κ1) is 17.7. The molecule has 1 aromatic carbocycles. The lowest BCUT2D eigenvalue weighted by Gasteiger charge is -2.31. The maximum Gasteiger partial charge on any atom is 0.250 e. The van der Waals surface area contributed by atoms with Gasteiger partial charge in [0, 0.05) is 32.4 Å². The summed E-state index contributed by atoms with van der Waals surface area (Å²) in [6.45, 7) is 4.65. The van der Waals surface area contributed by atoms with Crippen molar-refractivity contribution in [2.24, 2.45) is 0 Å². The maximum absolute atomic E-state index is 12.8. The van der Waals surface area contributed by atoms with Gasteiger partial charge in [-0.2, -0.15) is 4.31 Å². The summed E-state index contributed by atoms with van der Waals surface area (Å²) in [7, 11) is -2.27. The van der Waals surface area contributed by atoms with Crippen molar-refractivity contribution in [3.05, 3.63) is 35.6 Å². The predicted octanol–water partition coefficient (Wildman–Crippen LogP) is 1.22. The Hall–Kier alpha value is -2.10. The Balaban J connectivity index is 1.87. The van der Waals surface area contributed by atoms with Gasteiger partial charge < -0.3 is 19.9 Å². The molecule has 1 aliphatic rings. The molecule has 1 saturated heterocycles. The van der Waals surface area contributed by atoms with Crippen LogP contribution in [0.2, 0.25) is 0 Å². The van der Waals surface area contributed by atoms with E-state index in [4.69, 9.17) is 15.0 Å². The van der Waals surface area contributed by atoms with Crippen molar-refractivity contribution in [1.82, 2.24) is 9.46 Å². The normalized spacial score (nSPS) is 15.7. The van der Waals surface area contributed by atoms with Crippen LogP contribution in [0, 0.1) is 6.92 Å². The molecule has 8 nitrogen and oxygen atoms in total. The Bertz CT molecular complexity index is 824. The number of morpholine rings is 1. The standard InChI is InChI=1S/C16H22N4O4S/c1-12-15(16(17)18-24-12)25(21,22)19(2)11-13-5-3-4-6-14(13)20-7-9-23-10-8-20/h3-6H,7-11H2,1-2H3,(H2,17,18). The smallest absolute Gasteiger partial charge is 0.250 e. The highest BCUT2D eigenvalue weighted by molar-refractivity contribution is 7.89. The SMILES string of the molecule is Cc1onc(N)c1S(=O)(=O)N(C)Cc1ccccc1N1CCOCC1. The van der Waals surface area contributed by atoms with Gasteiger partial charge >= 0.3 is 0 Å². The summed E-state index contributed by atoms with van der Waals surface area (Å²) in [5, 5.41) is 3.54. The van der Waals surface area contributed by atoms with Crippen molar-refractivity contribution in [2.45, 2.75) is 18.4 Å². The molecule has 0 aliphatic carbocycles. The van der Waals surface area contributed by atoms with Gasteiger partial charge in [0.15, 0.2) is 16.5 Å². The Labute approximate surface area is 147 Å². The van der Waals surface area contributed by atoms with Gasteiger partial charge in [0.05, 0.1) is 13.2 Å². The minimum absolute atomic E-state index is 0.0705. The highest BCUT2D eigenvalue weighted by Gasteiger charge is 2.30. The molecule has 25 heavy (non-hydrogen) atoms. The van der Waals surface area contributed by atoms with E-state index in [1.54, 1.807) is 0 Å². The molecule has 0 saturated carbocycles. The van der Waals surface area contributed by atoms with Crippen molar-refractivity contribution in [1.29, 1.82) is 0 Å². The summed E-state index contributed by atoms with van der Waals surface area (Å²) < 4.78 is 37.2. The molecule has 0 spiro atoms. The van der Waals surface area contributed by atoms with E-state index >= 15 is 0 Å². The Morgan fingerprint density at radius 1 is 1.28 bits per heavy atom. The molecular weight excluding hydrogens is 344 g/mol. The fraction of sp³-hybridized carbons (Fsp3) is 0.438. The molecule has 0 bridgehead atoms. The largest absolute Gasteiger partial charge is 0.380 e. The topological polar surface area (TPSA) is 102 Å². The summed E-state index contributed by atoms with van der Waals surface area (Å²) in [5.41, 5.74) is 7.61. The average molecular weight is 366 g/mol. The lowest BCUT2D eigenvalue weighted by Crippen LogP contribution is -2.37. The predicted molar refractivity (Wildman–Crippen MR) is 93.8 cm³/mol. The maximum atomic E-state index is 12.8. The third-order valence-electron chi connectivity index (χ3n) is 4.24. The van der Waals surface area contributed by atoms with Crippen LogP contribution in [0.3, 0.4) is 0 Å². The third-order valence-corrected chi connectivity index (χ3v) is 6.20. The number of rotatable bonds is 5. The molecule has 0 radical (unpaired) electrons. The zero-order valence-electron chi connectivity index (χ0n) is 14.3. The third kappa shape index (κ3) is 3.48. The zero-order valence-corrected chi connectivity index (χ0v) is 15.1. The van der Waals surface area contributed by atoms with Crippen LogP contribution in [-0.4, -0.2) is 51.2 Å². The highest BCUT2D eigenvalue weighted by atomic mass is 32.2. The van der Waals surface area contributed by atoms with Gasteiger partial charge in [-0.15, -0.1) is 0 Å². The second-order valence-electron chi connectivity index (χ2n) is 5.94. The summed E-state index contributed by atoms with van der Waals surface area (Å²) in [6.07, 6.45) is 0. The Morgan fingerprint density at radius 3 is 2.60 bits per heavy atom. The lowest BCUT2D eigenvalue weighted by atomic mass is 10.1. The molecule has 1 aliphatic heterocycles. The van der Waals surface area contributed by atoms with Gasteiger partial charge in [0.1, 0.15) is 0 Å². The molecular formula is C16H22N4O4S. The number of ether oxygens (including phenoxy) is 1. The van der Waals surface area contributed by atoms with E-state index < -0.39 is 10.0 Å². The number of benzene rings is 1. The molecule has 1 aromatic heterocycles. The number of aromatic nitrogens is 1. The van der Waals surface area contributed by atoms with Gasteiger partial charge in [-0.3, -0.25) is 0 Å². The molecule has 1 fully saturated rings. The molecule has 0 amide bonds. The van der Waals surface area contributed by atoms with Crippen LogP contribution in [0.25, 0.3) is 0 Å². The van der Waals surface area contributed by atoms with Gasteiger partial charge in [0.2, 0.25) is 10.0 Å². The summed E-state index contributed by atoms with van der Waals surface area (Å²) >= 11 is 0. The lowest BCUT2D eigenvalue weighted by molar-refractivity contribution is 0.122. The molecule has 9 heteroatoms. The van der Waals surface area contributed by atoms with Crippen molar-refractivity contribution in [3.63, 3.8) is 0 Å². The van der Waals surface area contributed by atoms with Crippen LogP contribution in [-0.2, 0) is 21.3 Å². The number of hydrogen-bond donors (Lipinski definition) is 1. The number of nitrogens with zero attached hydrogens (tertiary/aromatic N) is 3. The fourth-order valence-electron chi connectivity index (χ4n) is 2.93. The minimum Gasteiger partial charge on any atom is -0.380 e. The quantitative estimate of drug-likeness (QED) is 0.849. The van der Waals surface area contributed by atoms with Gasteiger partial charge in [-0.1, -0.05) is 23.4 Å². The second kappa shape index (κ2) is 7.03. The molecule has 2 heterocycles. The molecule has 2 N–H and O–H groups in total. The first-order chi connectivity index (χ1) is 11.9. The molecule has 0 unspecified atom stereocenters. The number of hydrogen-bond acceptors (Lipinski definition) is 7. The van der Waals surface area contributed by atoms with E-state index in [0.29, 0.717) is 13.2 Å². The van der Waals surface area contributed by atoms with Crippen LogP contribution in [0.4, 0.5) is 11.5 Å². The van der Waals surface area contributed by atoms with Crippen LogP contribution in [0.1, 0.15) is 11.3 Å². The molecule has 136 valence electrons. The van der Waals surface area contributed by atoms with Crippen molar-refractivity contribution in [2.75, 3.05) is 44.0 Å². The fourth-order valence-corrected chi connectivity index (χ4v) is 4.26. The van der Waals surface area contributed by atoms with E-state index in [0.717, 1.165) is 24.3 Å². The number of anilines is 2. The number of nitrogens with two attached hydrogens (primary N) is 1. The minimum atomic E-state index is -3.79. The molecule has 0 atom stereocenters. The van der Waals surface area contributed by atoms with E-state index in [-0.39, 0.29) is 23.0 Å². The van der Waals surface area contributed by atoms with E-state index in [1.165, 1.54) is 18.3 Å². The van der Waals surface area contributed by atoms with E-state index in [2.05, 4.69) is 10.1 Å². The van der Waals surface area contributed by atoms with Crippen molar-refractivity contribution >= 4 is 21.5 Å². The Kier molecular flexibility index (Phi) is 4.98. The van der Waals surface area contributed by atoms with Crippen molar-refractivity contribution < 1.29 is 17.7 Å². The van der Waals surface area contributed by atoms with E-state index in [1.807, 2.05) is 24.3 Å². The summed E-state index contributed by atoms with van der Waals surface area (Å²) in [6, 6.07) is 7.78. The number of aryl methyl sites for hydroxylation is 1. The summed E-state index contributed by atoms with van der Waals surface area (Å²) in [5.74, 6) is 0.0663. The van der Waals surface area contributed by atoms with Crippen LogP contribution < -0.4 is 10.6 Å². The first-order valence-corrected chi connectivity index (χ1v) is 9.44. The van der Waals surface area contributed by atoms with Crippen LogP contribution in [0.5, 0.6) is 0 Å². The summed E-state index contributed by atoms with van der Waals surface area (Å²) in [4.78, 5) is 2.14. The van der Waals surface area contributed by atoms with Gasteiger partial charge in [-0.05, 0) is 18.6 Å². The van der Waals surface area contributed by atoms with Crippen LogP contribution in [0.15, 0.2) is 33.7 Å². The second-order valence-corrected chi connectivity index (χ2v) is 7.92. The monoisotopic (exact) mass is 366 g/mol. The molecule has 2 aromatic rings. The average Bonchev–Trinajstić information content (AvgIpc) is 2.95. The number of nitrogen functional groups attached to an aromatic ring is 1. The van der Waals surface area contributed by atoms with Crippen LogP contribution >= 0.6 is 0 Å². The number of sulfonamides is 1. The van der Waals surface area contributed by atoms with Gasteiger partial charge in [-0.25, -0.2) is 8.42 Å². The Morgan fingerprint density at radius 2 is 1.96 bits per heavy atom. The first-order valence-electron chi connectivity index (χ1n) is 8.00.